The van der Waals surface area contributed by atoms with Gasteiger partial charge >= 0.3 is 5.97 Å². The number of pyridine rings is 1. The first-order valence-electron chi connectivity index (χ1n) is 10.3. The molecule has 27 heavy (non-hydrogen) atoms. The number of hydrogen-bond acceptors (Lipinski definition) is 4. The quantitative estimate of drug-likeness (QED) is 0.558. The van der Waals surface area contributed by atoms with Crippen LogP contribution in [-0.4, -0.2) is 40.5 Å². The maximum absolute atomic E-state index is 12.9. The highest BCUT2D eigenvalue weighted by Crippen LogP contribution is 2.30. The molecule has 0 aromatic carbocycles. The van der Waals surface area contributed by atoms with Crippen LogP contribution in [0.3, 0.4) is 0 Å². The smallest absolute Gasteiger partial charge is 0.331 e. The molecule has 2 aliphatic carbocycles. The minimum atomic E-state index is -0.499. The highest BCUT2D eigenvalue weighted by atomic mass is 16.5. The molecule has 2 saturated carbocycles. The van der Waals surface area contributed by atoms with E-state index in [9.17, 15) is 9.59 Å². The van der Waals surface area contributed by atoms with E-state index in [0.29, 0.717) is 17.8 Å². The topological polar surface area (TPSA) is 59.5 Å². The Morgan fingerprint density at radius 2 is 1.63 bits per heavy atom. The third kappa shape index (κ3) is 5.91. The Labute approximate surface area is 161 Å². The molecule has 1 aromatic rings. The minimum Gasteiger partial charge on any atom is -0.452 e. The first-order valence-corrected chi connectivity index (χ1v) is 10.3. The van der Waals surface area contributed by atoms with Crippen molar-refractivity contribution < 1.29 is 14.3 Å². The van der Waals surface area contributed by atoms with Gasteiger partial charge in [0.2, 0.25) is 0 Å². The number of aromatic nitrogens is 1. The van der Waals surface area contributed by atoms with Gasteiger partial charge in [-0.05, 0) is 43.9 Å². The zero-order valence-corrected chi connectivity index (χ0v) is 16.0. The van der Waals surface area contributed by atoms with Gasteiger partial charge in [0.1, 0.15) is 0 Å². The summed E-state index contributed by atoms with van der Waals surface area (Å²) < 4.78 is 5.24. The lowest BCUT2D eigenvalue weighted by Crippen LogP contribution is -2.50. The Morgan fingerprint density at radius 3 is 2.19 bits per heavy atom. The van der Waals surface area contributed by atoms with Crippen molar-refractivity contribution in [1.29, 1.82) is 0 Å². The first-order chi connectivity index (χ1) is 13.2. The SMILES string of the molecule is O=C(/C=C/c1ccccn1)OCC(=O)N(C1CCCCC1)C1CCCCC1. The molecule has 5 nitrogen and oxygen atoms in total. The summed E-state index contributed by atoms with van der Waals surface area (Å²) >= 11 is 0. The second kappa shape index (κ2) is 10.2. The average Bonchev–Trinajstić information content (AvgIpc) is 2.73. The summed E-state index contributed by atoms with van der Waals surface area (Å²) in [5.41, 5.74) is 0.687. The molecule has 1 aromatic heterocycles. The van der Waals surface area contributed by atoms with Crippen molar-refractivity contribution in [2.45, 2.75) is 76.3 Å². The normalized spacial score (nSPS) is 19.1. The maximum Gasteiger partial charge on any atom is 0.331 e. The Kier molecular flexibility index (Phi) is 7.43. The molecule has 2 fully saturated rings. The van der Waals surface area contributed by atoms with Gasteiger partial charge in [0.25, 0.3) is 5.91 Å². The second-order valence-electron chi connectivity index (χ2n) is 7.58. The van der Waals surface area contributed by atoms with Crippen LogP contribution >= 0.6 is 0 Å². The summed E-state index contributed by atoms with van der Waals surface area (Å²) in [7, 11) is 0. The predicted molar refractivity (Wildman–Crippen MR) is 105 cm³/mol. The van der Waals surface area contributed by atoms with Crippen molar-refractivity contribution >= 4 is 18.0 Å². The van der Waals surface area contributed by atoms with Crippen molar-refractivity contribution in [3.63, 3.8) is 0 Å². The standard InChI is InChI=1S/C22H30N2O3/c25-21(17-27-22(26)15-14-18-9-7-8-16-23-18)24(19-10-3-1-4-11-19)20-12-5-2-6-13-20/h7-9,14-16,19-20H,1-6,10-13,17H2/b15-14+. The van der Waals surface area contributed by atoms with Crippen molar-refractivity contribution in [2.75, 3.05) is 6.61 Å². The van der Waals surface area contributed by atoms with Crippen LogP contribution < -0.4 is 0 Å². The Bertz CT molecular complexity index is 614. The molecule has 1 amide bonds. The molecule has 5 heteroatoms. The second-order valence-corrected chi connectivity index (χ2v) is 7.58. The lowest BCUT2D eigenvalue weighted by molar-refractivity contribution is -0.152. The number of rotatable bonds is 6. The monoisotopic (exact) mass is 370 g/mol. The van der Waals surface area contributed by atoms with Gasteiger partial charge in [0.05, 0.1) is 5.69 Å². The Morgan fingerprint density at radius 1 is 1.00 bits per heavy atom. The van der Waals surface area contributed by atoms with Gasteiger partial charge in [-0.2, -0.15) is 0 Å². The van der Waals surface area contributed by atoms with Crippen LogP contribution in [0.4, 0.5) is 0 Å². The van der Waals surface area contributed by atoms with Gasteiger partial charge in [0, 0.05) is 24.4 Å². The van der Waals surface area contributed by atoms with E-state index >= 15 is 0 Å². The highest BCUT2D eigenvalue weighted by molar-refractivity contribution is 5.89. The van der Waals surface area contributed by atoms with Crippen molar-refractivity contribution in [2.24, 2.45) is 0 Å². The molecule has 146 valence electrons. The molecule has 0 aliphatic heterocycles. The van der Waals surface area contributed by atoms with Crippen LogP contribution in [0.2, 0.25) is 0 Å². The zero-order chi connectivity index (χ0) is 18.9. The van der Waals surface area contributed by atoms with Crippen molar-refractivity contribution in [3.05, 3.63) is 36.2 Å². The van der Waals surface area contributed by atoms with E-state index in [1.807, 2.05) is 18.2 Å². The van der Waals surface area contributed by atoms with Crippen LogP contribution in [-0.2, 0) is 14.3 Å². The van der Waals surface area contributed by atoms with Gasteiger partial charge < -0.3 is 9.64 Å². The summed E-state index contributed by atoms with van der Waals surface area (Å²) in [4.78, 5) is 31.1. The summed E-state index contributed by atoms with van der Waals surface area (Å²) in [5, 5.41) is 0. The molecular weight excluding hydrogens is 340 g/mol. The van der Waals surface area contributed by atoms with Crippen LogP contribution in [0.5, 0.6) is 0 Å². The molecule has 0 bridgehead atoms. The summed E-state index contributed by atoms with van der Waals surface area (Å²) in [6.07, 6.45) is 16.2. The van der Waals surface area contributed by atoms with E-state index in [4.69, 9.17) is 4.74 Å². The average molecular weight is 370 g/mol. The summed E-state index contributed by atoms with van der Waals surface area (Å²) in [5.74, 6) is -0.533. The number of carbonyl (C=O) groups is 2. The van der Waals surface area contributed by atoms with E-state index in [2.05, 4.69) is 9.88 Å². The molecule has 3 rings (SSSR count). The number of ether oxygens (including phenoxy) is 1. The Hall–Kier alpha value is -2.17. The fourth-order valence-electron chi connectivity index (χ4n) is 4.31. The van der Waals surface area contributed by atoms with Crippen LogP contribution in [0, 0.1) is 0 Å². The van der Waals surface area contributed by atoms with Crippen LogP contribution in [0.1, 0.15) is 69.9 Å². The highest BCUT2D eigenvalue weighted by Gasteiger charge is 2.32. The molecule has 0 unspecified atom stereocenters. The third-order valence-corrected chi connectivity index (χ3v) is 5.64. The number of amides is 1. The maximum atomic E-state index is 12.9. The molecule has 0 spiro atoms. The van der Waals surface area contributed by atoms with E-state index in [1.165, 1.54) is 44.6 Å². The molecule has 2 aliphatic rings. The lowest BCUT2D eigenvalue weighted by Gasteiger charge is -2.41. The van der Waals surface area contributed by atoms with Gasteiger partial charge in [-0.1, -0.05) is 44.6 Å². The number of carbonyl (C=O) groups excluding carboxylic acids is 2. The fourth-order valence-corrected chi connectivity index (χ4v) is 4.31. The molecule has 0 N–H and O–H groups in total. The molecule has 0 radical (unpaired) electrons. The lowest BCUT2D eigenvalue weighted by atomic mass is 9.88. The molecule has 1 heterocycles. The number of hydrogen-bond donors (Lipinski definition) is 0. The third-order valence-electron chi connectivity index (χ3n) is 5.64. The fraction of sp³-hybridized carbons (Fsp3) is 0.591. The van der Waals surface area contributed by atoms with Crippen LogP contribution in [0.25, 0.3) is 6.08 Å². The number of nitrogens with zero attached hydrogens (tertiary/aromatic N) is 2. The van der Waals surface area contributed by atoms with E-state index in [-0.39, 0.29) is 12.5 Å². The van der Waals surface area contributed by atoms with Gasteiger partial charge in [-0.3, -0.25) is 9.78 Å². The predicted octanol–water partition coefficient (Wildman–Crippen LogP) is 4.13. The first kappa shape index (κ1) is 19.6. The number of esters is 1. The van der Waals surface area contributed by atoms with Crippen molar-refractivity contribution in [3.8, 4) is 0 Å². The summed E-state index contributed by atoms with van der Waals surface area (Å²) in [6, 6.07) is 6.12. The van der Waals surface area contributed by atoms with E-state index in [1.54, 1.807) is 12.3 Å². The van der Waals surface area contributed by atoms with E-state index in [0.717, 1.165) is 25.7 Å². The van der Waals surface area contributed by atoms with Gasteiger partial charge in [-0.25, -0.2) is 4.79 Å². The Balaban J connectivity index is 1.56. The zero-order valence-electron chi connectivity index (χ0n) is 16.0. The molecule has 0 atom stereocenters. The van der Waals surface area contributed by atoms with Crippen LogP contribution in [0.15, 0.2) is 30.5 Å². The summed E-state index contributed by atoms with van der Waals surface area (Å²) in [6.45, 7) is -0.168. The van der Waals surface area contributed by atoms with Gasteiger partial charge in [0.15, 0.2) is 6.61 Å². The molecule has 0 saturated heterocycles. The van der Waals surface area contributed by atoms with E-state index < -0.39 is 5.97 Å². The minimum absolute atomic E-state index is 0.0339. The van der Waals surface area contributed by atoms with Crippen molar-refractivity contribution in [1.82, 2.24) is 9.88 Å². The van der Waals surface area contributed by atoms with Gasteiger partial charge in [-0.15, -0.1) is 0 Å². The largest absolute Gasteiger partial charge is 0.452 e. The molecular formula is C22H30N2O3.